The minimum Gasteiger partial charge on any atom is -0.392 e. The highest BCUT2D eigenvalue weighted by molar-refractivity contribution is 5.91. The van der Waals surface area contributed by atoms with Crippen LogP contribution in [-0.2, 0) is 0 Å². The molecule has 0 aliphatic rings. The monoisotopic (exact) mass is 252 g/mol. The van der Waals surface area contributed by atoms with Gasteiger partial charge in [-0.2, -0.15) is 0 Å². The molecular formula is C13H14F2N2O. The van der Waals surface area contributed by atoms with Crippen LogP contribution in [0.4, 0.5) is 14.5 Å². The fourth-order valence-electron chi connectivity index (χ4n) is 1.77. The molecule has 0 saturated carbocycles. The van der Waals surface area contributed by atoms with Crippen molar-refractivity contribution in [1.29, 1.82) is 0 Å². The van der Waals surface area contributed by atoms with Crippen molar-refractivity contribution in [3.8, 4) is 0 Å². The van der Waals surface area contributed by atoms with Crippen LogP contribution in [0.3, 0.4) is 0 Å². The Morgan fingerprint density at radius 2 is 2.11 bits per heavy atom. The van der Waals surface area contributed by atoms with Gasteiger partial charge in [-0.3, -0.25) is 0 Å². The number of pyridine rings is 1. The predicted octanol–water partition coefficient (Wildman–Crippen LogP) is 2.61. The molecule has 1 atom stereocenters. The average Bonchev–Trinajstić information content (AvgIpc) is 2.31. The third kappa shape index (κ3) is 2.41. The van der Waals surface area contributed by atoms with Crippen LogP contribution in [0.2, 0.25) is 0 Å². The predicted molar refractivity (Wildman–Crippen MR) is 66.6 cm³/mol. The smallest absolute Gasteiger partial charge is 0.185 e. The molecule has 2 aromatic rings. The molecule has 2 rings (SSSR count). The standard InChI is InChI=1S/C13H14F2N2O/c1-7-5-11(16-6-8(2)18)9-3-4-10(14)12(15)13(9)17-7/h3-5,8,18H,6H2,1-2H3,(H,16,17). The van der Waals surface area contributed by atoms with Crippen LogP contribution >= 0.6 is 0 Å². The summed E-state index contributed by atoms with van der Waals surface area (Å²) in [6.45, 7) is 3.68. The SMILES string of the molecule is Cc1cc(NCC(C)O)c2ccc(F)c(F)c2n1. The van der Waals surface area contributed by atoms with Gasteiger partial charge in [0.1, 0.15) is 5.52 Å². The van der Waals surface area contributed by atoms with E-state index in [1.807, 2.05) is 0 Å². The maximum atomic E-state index is 13.6. The Bertz CT molecular complexity index is 585. The highest BCUT2D eigenvalue weighted by Crippen LogP contribution is 2.26. The van der Waals surface area contributed by atoms with Crippen LogP contribution < -0.4 is 5.32 Å². The lowest BCUT2D eigenvalue weighted by Crippen LogP contribution is -2.15. The summed E-state index contributed by atoms with van der Waals surface area (Å²) in [6, 6.07) is 4.29. The Labute approximate surface area is 103 Å². The first-order valence-electron chi connectivity index (χ1n) is 5.66. The van der Waals surface area contributed by atoms with Crippen LogP contribution in [0.1, 0.15) is 12.6 Å². The molecule has 1 aromatic carbocycles. The summed E-state index contributed by atoms with van der Waals surface area (Å²) in [7, 11) is 0. The lowest BCUT2D eigenvalue weighted by Gasteiger charge is -2.12. The summed E-state index contributed by atoms with van der Waals surface area (Å²) >= 11 is 0. The van der Waals surface area contributed by atoms with E-state index in [2.05, 4.69) is 10.3 Å². The van der Waals surface area contributed by atoms with E-state index in [1.165, 1.54) is 6.07 Å². The number of aliphatic hydroxyl groups is 1. The number of halogens is 2. The minimum atomic E-state index is -0.948. The molecule has 1 heterocycles. The Kier molecular flexibility index (Phi) is 3.43. The van der Waals surface area contributed by atoms with Gasteiger partial charge in [-0.05, 0) is 32.0 Å². The van der Waals surface area contributed by atoms with Crippen molar-refractivity contribution in [2.45, 2.75) is 20.0 Å². The van der Waals surface area contributed by atoms with Gasteiger partial charge in [-0.1, -0.05) is 0 Å². The zero-order valence-corrected chi connectivity index (χ0v) is 10.2. The van der Waals surface area contributed by atoms with Crippen molar-refractivity contribution in [2.75, 3.05) is 11.9 Å². The molecule has 0 radical (unpaired) electrons. The van der Waals surface area contributed by atoms with Crippen molar-refractivity contribution in [1.82, 2.24) is 4.98 Å². The van der Waals surface area contributed by atoms with E-state index >= 15 is 0 Å². The Morgan fingerprint density at radius 3 is 2.78 bits per heavy atom. The zero-order valence-electron chi connectivity index (χ0n) is 10.2. The van der Waals surface area contributed by atoms with E-state index in [0.717, 1.165) is 6.07 Å². The number of hydrogen-bond donors (Lipinski definition) is 2. The van der Waals surface area contributed by atoms with Gasteiger partial charge >= 0.3 is 0 Å². The Morgan fingerprint density at radius 1 is 1.39 bits per heavy atom. The van der Waals surface area contributed by atoms with Crippen molar-refractivity contribution in [2.24, 2.45) is 0 Å². The van der Waals surface area contributed by atoms with E-state index in [1.54, 1.807) is 19.9 Å². The molecule has 0 aliphatic heterocycles. The van der Waals surface area contributed by atoms with Crippen LogP contribution in [0.25, 0.3) is 10.9 Å². The van der Waals surface area contributed by atoms with Gasteiger partial charge in [-0.15, -0.1) is 0 Å². The molecule has 0 saturated heterocycles. The maximum absolute atomic E-state index is 13.6. The lowest BCUT2D eigenvalue weighted by atomic mass is 10.1. The molecule has 0 aliphatic carbocycles. The van der Waals surface area contributed by atoms with E-state index in [9.17, 15) is 13.9 Å². The highest BCUT2D eigenvalue weighted by atomic mass is 19.2. The maximum Gasteiger partial charge on any atom is 0.185 e. The van der Waals surface area contributed by atoms with Gasteiger partial charge in [0, 0.05) is 23.3 Å². The second kappa shape index (κ2) is 4.86. The van der Waals surface area contributed by atoms with E-state index in [0.29, 0.717) is 23.3 Å². The number of aryl methyl sites for hydroxylation is 1. The largest absolute Gasteiger partial charge is 0.392 e. The number of aromatic nitrogens is 1. The number of benzene rings is 1. The second-order valence-electron chi connectivity index (χ2n) is 4.30. The summed E-state index contributed by atoms with van der Waals surface area (Å²) in [5.74, 6) is -1.86. The van der Waals surface area contributed by atoms with Crippen LogP contribution in [0.5, 0.6) is 0 Å². The number of hydrogen-bond acceptors (Lipinski definition) is 3. The summed E-state index contributed by atoms with van der Waals surface area (Å²) in [5, 5.41) is 12.7. The van der Waals surface area contributed by atoms with E-state index in [-0.39, 0.29) is 5.52 Å². The summed E-state index contributed by atoms with van der Waals surface area (Å²) in [5.41, 5.74) is 1.22. The van der Waals surface area contributed by atoms with Crippen molar-refractivity contribution >= 4 is 16.6 Å². The quantitative estimate of drug-likeness (QED) is 0.882. The highest BCUT2D eigenvalue weighted by Gasteiger charge is 2.12. The van der Waals surface area contributed by atoms with Gasteiger partial charge < -0.3 is 10.4 Å². The topological polar surface area (TPSA) is 45.1 Å². The Balaban J connectivity index is 2.56. The van der Waals surface area contributed by atoms with Crippen LogP contribution in [0.15, 0.2) is 18.2 Å². The molecule has 0 fully saturated rings. The number of aliphatic hydroxyl groups excluding tert-OH is 1. The summed E-state index contributed by atoms with van der Waals surface area (Å²) in [6.07, 6.45) is -0.529. The first-order chi connectivity index (χ1) is 8.49. The number of fused-ring (bicyclic) bond motifs is 1. The lowest BCUT2D eigenvalue weighted by molar-refractivity contribution is 0.208. The molecule has 96 valence electrons. The first-order valence-corrected chi connectivity index (χ1v) is 5.66. The third-order valence-corrected chi connectivity index (χ3v) is 2.59. The minimum absolute atomic E-state index is 0.00286. The molecule has 1 aromatic heterocycles. The van der Waals surface area contributed by atoms with Crippen LogP contribution in [-0.4, -0.2) is 22.7 Å². The fourth-order valence-corrected chi connectivity index (χ4v) is 1.77. The fraction of sp³-hybridized carbons (Fsp3) is 0.308. The number of anilines is 1. The number of rotatable bonds is 3. The molecule has 5 heteroatoms. The average molecular weight is 252 g/mol. The van der Waals surface area contributed by atoms with Crippen molar-refractivity contribution < 1.29 is 13.9 Å². The van der Waals surface area contributed by atoms with Crippen molar-refractivity contribution in [3.63, 3.8) is 0 Å². The molecule has 2 N–H and O–H groups in total. The normalized spacial score (nSPS) is 12.7. The summed E-state index contributed by atoms with van der Waals surface area (Å²) in [4.78, 5) is 4.01. The van der Waals surface area contributed by atoms with Crippen LogP contribution in [0, 0.1) is 18.6 Å². The molecular weight excluding hydrogens is 238 g/mol. The van der Waals surface area contributed by atoms with Crippen molar-refractivity contribution in [3.05, 3.63) is 35.5 Å². The molecule has 0 spiro atoms. The Hall–Kier alpha value is -1.75. The van der Waals surface area contributed by atoms with E-state index < -0.39 is 17.7 Å². The van der Waals surface area contributed by atoms with Gasteiger partial charge in [0.05, 0.1) is 6.10 Å². The third-order valence-electron chi connectivity index (χ3n) is 2.59. The van der Waals surface area contributed by atoms with Gasteiger partial charge in [0.25, 0.3) is 0 Å². The van der Waals surface area contributed by atoms with Gasteiger partial charge in [0.2, 0.25) is 0 Å². The van der Waals surface area contributed by atoms with Gasteiger partial charge in [0.15, 0.2) is 11.6 Å². The first kappa shape index (κ1) is 12.7. The molecule has 3 nitrogen and oxygen atoms in total. The zero-order chi connectivity index (χ0) is 13.3. The van der Waals surface area contributed by atoms with E-state index in [4.69, 9.17) is 0 Å². The number of nitrogens with one attached hydrogen (secondary N) is 1. The molecule has 18 heavy (non-hydrogen) atoms. The number of nitrogens with zero attached hydrogens (tertiary/aromatic N) is 1. The molecule has 0 bridgehead atoms. The second-order valence-corrected chi connectivity index (χ2v) is 4.30. The molecule has 0 amide bonds. The summed E-state index contributed by atoms with van der Waals surface area (Å²) < 4.78 is 26.8. The van der Waals surface area contributed by atoms with Gasteiger partial charge in [-0.25, -0.2) is 13.8 Å². The molecule has 1 unspecified atom stereocenters.